The van der Waals surface area contributed by atoms with E-state index in [1.165, 1.54) is 22.0 Å². The highest BCUT2D eigenvalue weighted by atomic mass is 15.2. The van der Waals surface area contributed by atoms with Crippen LogP contribution in [0.1, 0.15) is 31.9 Å². The summed E-state index contributed by atoms with van der Waals surface area (Å²) >= 11 is 0. The van der Waals surface area contributed by atoms with Gasteiger partial charge in [0.25, 0.3) is 0 Å². The molecular weight excluding hydrogens is 310 g/mol. The summed E-state index contributed by atoms with van der Waals surface area (Å²) in [7, 11) is 2.14. The number of aromatic amines is 1. The van der Waals surface area contributed by atoms with Crippen molar-refractivity contribution in [2.45, 2.75) is 40.2 Å². The van der Waals surface area contributed by atoms with E-state index >= 15 is 0 Å². The second-order valence-electron chi connectivity index (χ2n) is 6.87. The summed E-state index contributed by atoms with van der Waals surface area (Å²) in [5, 5.41) is 8.08. The molecule has 5 nitrogen and oxygen atoms in total. The van der Waals surface area contributed by atoms with Crippen molar-refractivity contribution < 1.29 is 0 Å². The molecule has 0 aliphatic heterocycles. The minimum Gasteiger partial charge on any atom is -0.361 e. The van der Waals surface area contributed by atoms with Crippen LogP contribution in [0, 0.1) is 6.92 Å². The first-order chi connectivity index (χ1) is 12.0. The smallest absolute Gasteiger partial charge is 0.191 e. The number of likely N-dealkylation sites (N-methyl/N-ethyl adjacent to an activating group) is 1. The predicted octanol–water partition coefficient (Wildman–Crippen LogP) is 2.91. The van der Waals surface area contributed by atoms with Crippen LogP contribution < -0.4 is 10.6 Å². The minimum atomic E-state index is 0.552. The Bertz CT molecular complexity index is 686. The van der Waals surface area contributed by atoms with Gasteiger partial charge in [-0.2, -0.15) is 0 Å². The molecule has 25 heavy (non-hydrogen) atoms. The molecule has 0 bridgehead atoms. The molecule has 0 fully saturated rings. The number of aryl methyl sites for hydroxylation is 1. The lowest BCUT2D eigenvalue weighted by atomic mass is 10.1. The molecule has 5 heteroatoms. The van der Waals surface area contributed by atoms with Gasteiger partial charge in [0.15, 0.2) is 5.96 Å². The molecule has 138 valence electrons. The zero-order valence-electron chi connectivity index (χ0n) is 16.3. The Hall–Kier alpha value is -2.01. The van der Waals surface area contributed by atoms with E-state index in [2.05, 4.69) is 84.6 Å². The standard InChI is InChI=1S/C20H33N5/c1-6-21-20(23-11-12-25(5)15(2)3)22-10-9-17-14-24-19-13-16(4)7-8-18(17)19/h7-8,13-15,24H,6,9-12H2,1-5H3,(H2,21,22,23). The van der Waals surface area contributed by atoms with Crippen molar-refractivity contribution in [2.75, 3.05) is 33.2 Å². The van der Waals surface area contributed by atoms with Gasteiger partial charge in [-0.25, -0.2) is 0 Å². The van der Waals surface area contributed by atoms with Crippen LogP contribution >= 0.6 is 0 Å². The molecule has 0 spiro atoms. The molecule has 0 saturated carbocycles. The highest BCUT2D eigenvalue weighted by molar-refractivity contribution is 5.84. The van der Waals surface area contributed by atoms with Gasteiger partial charge in [0, 0.05) is 42.8 Å². The molecule has 1 aromatic heterocycles. The predicted molar refractivity (Wildman–Crippen MR) is 108 cm³/mol. The van der Waals surface area contributed by atoms with Crippen molar-refractivity contribution in [3.63, 3.8) is 0 Å². The van der Waals surface area contributed by atoms with Crippen molar-refractivity contribution in [2.24, 2.45) is 4.99 Å². The molecule has 0 saturated heterocycles. The first-order valence-corrected chi connectivity index (χ1v) is 9.30. The normalized spacial score (nSPS) is 12.4. The quantitative estimate of drug-likeness (QED) is 0.510. The third-order valence-electron chi connectivity index (χ3n) is 4.56. The van der Waals surface area contributed by atoms with E-state index < -0.39 is 0 Å². The number of nitrogens with one attached hydrogen (secondary N) is 3. The van der Waals surface area contributed by atoms with Crippen LogP contribution in [0.25, 0.3) is 10.9 Å². The fraction of sp³-hybridized carbons (Fsp3) is 0.550. The molecule has 1 aromatic carbocycles. The summed E-state index contributed by atoms with van der Waals surface area (Å²) in [6, 6.07) is 7.13. The fourth-order valence-corrected chi connectivity index (χ4v) is 2.74. The minimum absolute atomic E-state index is 0.552. The Kier molecular flexibility index (Phi) is 7.31. The van der Waals surface area contributed by atoms with Crippen LogP contribution in [0.3, 0.4) is 0 Å². The molecule has 3 N–H and O–H groups in total. The maximum absolute atomic E-state index is 4.67. The third kappa shape index (κ3) is 5.78. The Labute approximate surface area is 151 Å². The highest BCUT2D eigenvalue weighted by Crippen LogP contribution is 2.19. The van der Waals surface area contributed by atoms with Crippen LogP contribution in [0.15, 0.2) is 29.4 Å². The topological polar surface area (TPSA) is 55.5 Å². The van der Waals surface area contributed by atoms with Gasteiger partial charge in [0.2, 0.25) is 0 Å². The van der Waals surface area contributed by atoms with E-state index in [-0.39, 0.29) is 0 Å². The number of hydrogen-bond acceptors (Lipinski definition) is 2. The van der Waals surface area contributed by atoms with Gasteiger partial charge in [-0.1, -0.05) is 12.1 Å². The molecule has 0 amide bonds. The van der Waals surface area contributed by atoms with Crippen molar-refractivity contribution in [1.82, 2.24) is 20.5 Å². The number of hydrogen-bond donors (Lipinski definition) is 3. The van der Waals surface area contributed by atoms with Crippen LogP contribution in [-0.2, 0) is 6.42 Å². The summed E-state index contributed by atoms with van der Waals surface area (Å²) in [6.07, 6.45) is 3.09. The zero-order valence-corrected chi connectivity index (χ0v) is 16.3. The number of fused-ring (bicyclic) bond motifs is 1. The van der Waals surface area contributed by atoms with E-state index in [4.69, 9.17) is 0 Å². The van der Waals surface area contributed by atoms with Gasteiger partial charge in [-0.05, 0) is 58.4 Å². The summed E-state index contributed by atoms with van der Waals surface area (Å²) in [5.74, 6) is 0.898. The van der Waals surface area contributed by atoms with Gasteiger partial charge < -0.3 is 20.5 Å². The molecule has 0 radical (unpaired) electrons. The lowest BCUT2D eigenvalue weighted by molar-refractivity contribution is 0.282. The van der Waals surface area contributed by atoms with Crippen molar-refractivity contribution in [1.29, 1.82) is 0 Å². The first-order valence-electron chi connectivity index (χ1n) is 9.30. The Morgan fingerprint density at radius 1 is 1.28 bits per heavy atom. The van der Waals surface area contributed by atoms with Crippen molar-refractivity contribution in [3.8, 4) is 0 Å². The molecule has 2 aromatic rings. The largest absolute Gasteiger partial charge is 0.361 e. The van der Waals surface area contributed by atoms with Crippen LogP contribution in [-0.4, -0.2) is 55.1 Å². The fourth-order valence-electron chi connectivity index (χ4n) is 2.74. The monoisotopic (exact) mass is 343 g/mol. The number of nitrogens with zero attached hydrogens (tertiary/aromatic N) is 2. The average Bonchev–Trinajstić information content (AvgIpc) is 2.96. The zero-order chi connectivity index (χ0) is 18.2. The molecular formula is C20H33N5. The molecule has 0 atom stereocenters. The molecule has 1 heterocycles. The van der Waals surface area contributed by atoms with Gasteiger partial charge in [0.1, 0.15) is 0 Å². The van der Waals surface area contributed by atoms with Gasteiger partial charge in [-0.15, -0.1) is 0 Å². The summed E-state index contributed by atoms with van der Waals surface area (Å²) in [5.41, 5.74) is 3.84. The van der Waals surface area contributed by atoms with E-state index in [0.29, 0.717) is 6.04 Å². The second kappa shape index (κ2) is 9.47. The van der Waals surface area contributed by atoms with Gasteiger partial charge in [0.05, 0.1) is 6.54 Å². The lowest BCUT2D eigenvalue weighted by Gasteiger charge is -2.20. The number of benzene rings is 1. The van der Waals surface area contributed by atoms with Crippen molar-refractivity contribution in [3.05, 3.63) is 35.5 Å². The highest BCUT2D eigenvalue weighted by Gasteiger charge is 2.05. The Morgan fingerprint density at radius 3 is 2.80 bits per heavy atom. The number of guanidine groups is 1. The van der Waals surface area contributed by atoms with Crippen molar-refractivity contribution >= 4 is 16.9 Å². The third-order valence-corrected chi connectivity index (χ3v) is 4.56. The van der Waals surface area contributed by atoms with Crippen LogP contribution in [0.4, 0.5) is 0 Å². The summed E-state index contributed by atoms with van der Waals surface area (Å²) in [6.45, 7) is 12.1. The second-order valence-corrected chi connectivity index (χ2v) is 6.87. The number of aliphatic imine (C=N–C) groups is 1. The summed E-state index contributed by atoms with van der Waals surface area (Å²) in [4.78, 5) is 10.4. The maximum atomic E-state index is 4.67. The number of aromatic nitrogens is 1. The average molecular weight is 344 g/mol. The van der Waals surface area contributed by atoms with E-state index in [9.17, 15) is 0 Å². The summed E-state index contributed by atoms with van der Waals surface area (Å²) < 4.78 is 0. The molecule has 2 rings (SSSR count). The van der Waals surface area contributed by atoms with Crippen LogP contribution in [0.5, 0.6) is 0 Å². The Morgan fingerprint density at radius 2 is 2.08 bits per heavy atom. The van der Waals surface area contributed by atoms with E-state index in [1.54, 1.807) is 0 Å². The van der Waals surface area contributed by atoms with Gasteiger partial charge in [-0.3, -0.25) is 4.99 Å². The van der Waals surface area contributed by atoms with Crippen LogP contribution in [0.2, 0.25) is 0 Å². The van der Waals surface area contributed by atoms with E-state index in [1.807, 2.05) is 0 Å². The molecule has 0 unspecified atom stereocenters. The van der Waals surface area contributed by atoms with E-state index in [0.717, 1.165) is 38.6 Å². The molecule has 0 aliphatic rings. The maximum Gasteiger partial charge on any atom is 0.191 e. The number of rotatable bonds is 8. The first kappa shape index (κ1) is 19.3. The lowest BCUT2D eigenvalue weighted by Crippen LogP contribution is -2.39. The van der Waals surface area contributed by atoms with Gasteiger partial charge >= 0.3 is 0 Å². The SMILES string of the molecule is CCNC(=NCCN(C)C(C)C)NCCc1c[nH]c2cc(C)ccc12. The Balaban J connectivity index is 1.87. The molecule has 0 aliphatic carbocycles. The number of H-pyrrole nitrogens is 1.